The summed E-state index contributed by atoms with van der Waals surface area (Å²) >= 11 is 4.89. The number of amides is 1. The van der Waals surface area contributed by atoms with Gasteiger partial charge >= 0.3 is 0 Å². The Morgan fingerprint density at radius 1 is 1.21 bits per heavy atom. The van der Waals surface area contributed by atoms with Crippen molar-refractivity contribution in [3.05, 3.63) is 69.3 Å². The second-order valence-corrected chi connectivity index (χ2v) is 8.59. The van der Waals surface area contributed by atoms with E-state index in [9.17, 15) is 9.18 Å². The number of benzene rings is 2. The van der Waals surface area contributed by atoms with Crippen LogP contribution in [0.1, 0.15) is 29.8 Å². The van der Waals surface area contributed by atoms with Gasteiger partial charge in [0.05, 0.1) is 5.69 Å². The van der Waals surface area contributed by atoms with Crippen molar-refractivity contribution in [2.75, 3.05) is 5.32 Å². The van der Waals surface area contributed by atoms with E-state index < -0.39 is 5.60 Å². The van der Waals surface area contributed by atoms with E-state index in [2.05, 4.69) is 26.2 Å². The fraction of sp³-hybridized carbons (Fsp3) is 0.143. The van der Waals surface area contributed by atoms with Crippen LogP contribution in [0, 0.1) is 5.82 Å². The Bertz CT molecular complexity index is 1090. The number of carbonyl (C=O) groups excluding carboxylic acids is 1. The summed E-state index contributed by atoms with van der Waals surface area (Å²) in [4.78, 5) is 16.9. The number of anilines is 1. The summed E-state index contributed by atoms with van der Waals surface area (Å²) in [5.41, 5.74) is 2.48. The topological polar surface area (TPSA) is 51.2 Å². The van der Waals surface area contributed by atoms with Crippen molar-refractivity contribution in [2.45, 2.75) is 19.4 Å². The monoisotopic (exact) mass is 458 g/mol. The molecule has 1 amide bonds. The molecule has 1 aliphatic heterocycles. The molecule has 3 aromatic rings. The zero-order valence-electron chi connectivity index (χ0n) is 15.1. The third-order valence-electron chi connectivity index (χ3n) is 4.27. The van der Waals surface area contributed by atoms with Crippen LogP contribution in [0.2, 0.25) is 0 Å². The minimum absolute atomic E-state index is 0.334. The fourth-order valence-corrected chi connectivity index (χ4v) is 4.00. The maximum Gasteiger partial charge on any atom is 0.257 e. The van der Waals surface area contributed by atoms with Gasteiger partial charge in [0.25, 0.3) is 5.91 Å². The third kappa shape index (κ3) is 3.72. The lowest BCUT2D eigenvalue weighted by Gasteiger charge is -2.29. The number of nitrogens with zero attached hydrogens (tertiary/aromatic N) is 1. The van der Waals surface area contributed by atoms with E-state index in [0.29, 0.717) is 16.4 Å². The molecule has 2 aromatic carbocycles. The number of carbonyl (C=O) groups is 1. The van der Waals surface area contributed by atoms with Crippen LogP contribution in [-0.4, -0.2) is 16.5 Å². The first-order chi connectivity index (χ1) is 13.3. The minimum Gasteiger partial charge on any atom is -0.482 e. The highest BCUT2D eigenvalue weighted by atomic mass is 79.9. The van der Waals surface area contributed by atoms with Gasteiger partial charge in [0.2, 0.25) is 0 Å². The Morgan fingerprint density at radius 2 is 1.96 bits per heavy atom. The second-order valence-electron chi connectivity index (χ2n) is 6.88. The maximum atomic E-state index is 13.0. The molecule has 0 aliphatic carbocycles. The van der Waals surface area contributed by atoms with Crippen LogP contribution in [0.15, 0.2) is 52.3 Å². The molecule has 0 fully saturated rings. The Kier molecular flexibility index (Phi) is 4.81. The predicted molar refractivity (Wildman–Crippen MR) is 113 cm³/mol. The minimum atomic E-state index is -0.418. The Morgan fingerprint density at radius 3 is 2.71 bits per heavy atom. The van der Waals surface area contributed by atoms with Gasteiger partial charge in [-0.25, -0.2) is 9.37 Å². The van der Waals surface area contributed by atoms with Gasteiger partial charge < -0.3 is 4.74 Å². The molecule has 2 heterocycles. The van der Waals surface area contributed by atoms with Crippen molar-refractivity contribution in [1.82, 2.24) is 4.98 Å². The van der Waals surface area contributed by atoms with E-state index in [1.54, 1.807) is 0 Å². The Labute approximate surface area is 174 Å². The molecule has 0 saturated heterocycles. The van der Waals surface area contributed by atoms with Crippen molar-refractivity contribution in [2.24, 2.45) is 0 Å². The maximum absolute atomic E-state index is 13.0. The lowest BCUT2D eigenvalue weighted by molar-refractivity contribution is 0.102. The molecule has 28 heavy (non-hydrogen) atoms. The van der Waals surface area contributed by atoms with E-state index in [1.807, 2.05) is 43.5 Å². The van der Waals surface area contributed by atoms with Gasteiger partial charge in [-0.05, 0) is 56.3 Å². The summed E-state index contributed by atoms with van der Waals surface area (Å²) in [6.07, 6.45) is 4.05. The highest BCUT2D eigenvalue weighted by molar-refractivity contribution is 9.10. The molecule has 4 rings (SSSR count). The number of hydrogen-bond acceptors (Lipinski definition) is 4. The third-order valence-corrected chi connectivity index (χ3v) is 5.72. The van der Waals surface area contributed by atoms with Gasteiger partial charge in [-0.1, -0.05) is 22.0 Å². The number of nitrogens with one attached hydrogen (secondary N) is 1. The molecule has 1 N–H and O–H groups in total. The molecule has 0 unspecified atom stereocenters. The molecule has 0 bridgehead atoms. The van der Waals surface area contributed by atoms with Gasteiger partial charge in [0, 0.05) is 26.5 Å². The number of ether oxygens (including phenoxy) is 1. The highest BCUT2D eigenvalue weighted by Crippen LogP contribution is 2.43. The molecule has 0 radical (unpaired) electrons. The molecule has 0 atom stereocenters. The summed E-state index contributed by atoms with van der Waals surface area (Å²) in [5, 5.41) is 5.10. The molecule has 0 saturated carbocycles. The summed E-state index contributed by atoms with van der Waals surface area (Å²) < 4.78 is 20.2. The fourth-order valence-electron chi connectivity index (χ4n) is 2.85. The summed E-state index contributed by atoms with van der Waals surface area (Å²) in [6.45, 7) is 3.99. The van der Waals surface area contributed by atoms with Gasteiger partial charge in [-0.2, -0.15) is 0 Å². The van der Waals surface area contributed by atoms with E-state index in [0.717, 1.165) is 21.3 Å². The molecule has 7 heteroatoms. The van der Waals surface area contributed by atoms with Crippen molar-refractivity contribution in [3.8, 4) is 17.0 Å². The number of halogens is 2. The molecule has 0 spiro atoms. The lowest BCUT2D eigenvalue weighted by atomic mass is 9.99. The molecular formula is C21H16BrFN2O2S. The van der Waals surface area contributed by atoms with E-state index >= 15 is 0 Å². The largest absolute Gasteiger partial charge is 0.482 e. The molecule has 1 aromatic heterocycles. The normalized spacial score (nSPS) is 14.3. The van der Waals surface area contributed by atoms with E-state index in [4.69, 9.17) is 4.74 Å². The van der Waals surface area contributed by atoms with Crippen molar-refractivity contribution < 1.29 is 13.9 Å². The van der Waals surface area contributed by atoms with Crippen LogP contribution in [0.4, 0.5) is 9.52 Å². The van der Waals surface area contributed by atoms with Gasteiger partial charge in [-0.15, -0.1) is 11.3 Å². The summed E-state index contributed by atoms with van der Waals surface area (Å²) in [5.74, 6) is 0.0349. The second kappa shape index (κ2) is 7.14. The molecule has 4 nitrogen and oxygen atoms in total. The smallest absolute Gasteiger partial charge is 0.257 e. The number of hydrogen-bond donors (Lipinski definition) is 1. The van der Waals surface area contributed by atoms with E-state index in [-0.39, 0.29) is 11.7 Å². The molecular weight excluding hydrogens is 443 g/mol. The Balaban J connectivity index is 1.63. The lowest BCUT2D eigenvalue weighted by Crippen LogP contribution is -2.28. The van der Waals surface area contributed by atoms with Crippen molar-refractivity contribution >= 4 is 44.4 Å². The van der Waals surface area contributed by atoms with Crippen LogP contribution in [0.3, 0.4) is 0 Å². The molecule has 142 valence electrons. The van der Waals surface area contributed by atoms with Crippen LogP contribution in [0.25, 0.3) is 17.3 Å². The van der Waals surface area contributed by atoms with Crippen molar-refractivity contribution in [1.29, 1.82) is 0 Å². The van der Waals surface area contributed by atoms with Crippen LogP contribution in [0.5, 0.6) is 5.75 Å². The average Bonchev–Trinajstić information content (AvgIpc) is 3.09. The predicted octanol–water partition coefficient (Wildman–Crippen LogP) is 6.15. The zero-order valence-corrected chi connectivity index (χ0v) is 17.5. The average molecular weight is 459 g/mol. The zero-order chi connectivity index (χ0) is 19.9. The number of rotatable bonds is 3. The Hall–Kier alpha value is -2.51. The summed E-state index contributed by atoms with van der Waals surface area (Å²) in [7, 11) is 0. The van der Waals surface area contributed by atoms with Gasteiger partial charge in [0.1, 0.15) is 17.2 Å². The molecule has 1 aliphatic rings. The van der Waals surface area contributed by atoms with E-state index in [1.165, 1.54) is 35.6 Å². The number of thiazole rings is 1. The first-order valence-electron chi connectivity index (χ1n) is 8.56. The number of fused-ring (bicyclic) bond motifs is 1. The van der Waals surface area contributed by atoms with Gasteiger partial charge in [-0.3, -0.25) is 10.1 Å². The summed E-state index contributed by atoms with van der Waals surface area (Å²) in [6, 6.07) is 9.28. The SMILES string of the molecule is CC1(C)C=Cc2c(Br)ccc(-c3csc(NC(=O)c4ccc(F)cc4)n3)c2O1. The van der Waals surface area contributed by atoms with Crippen LogP contribution in [-0.2, 0) is 0 Å². The van der Waals surface area contributed by atoms with Crippen molar-refractivity contribution in [3.63, 3.8) is 0 Å². The van der Waals surface area contributed by atoms with Crippen LogP contribution >= 0.6 is 27.3 Å². The standard InChI is InChI=1S/C21H16BrFN2O2S/c1-21(2)10-9-14-16(22)8-7-15(18(14)27-21)17-11-28-20(24-17)25-19(26)12-3-5-13(23)6-4-12/h3-11H,1-2H3,(H,24,25,26). The first kappa shape index (κ1) is 18.8. The first-order valence-corrected chi connectivity index (χ1v) is 10.2. The highest BCUT2D eigenvalue weighted by Gasteiger charge is 2.26. The quantitative estimate of drug-likeness (QED) is 0.511. The van der Waals surface area contributed by atoms with Crippen LogP contribution < -0.4 is 10.1 Å². The van der Waals surface area contributed by atoms with Gasteiger partial charge in [0.15, 0.2) is 5.13 Å². The number of aromatic nitrogens is 1.